The van der Waals surface area contributed by atoms with Crippen LogP contribution < -0.4 is 14.2 Å². The monoisotopic (exact) mass is 621 g/mol. The van der Waals surface area contributed by atoms with Gasteiger partial charge < -0.3 is 24.2 Å². The van der Waals surface area contributed by atoms with Gasteiger partial charge >= 0.3 is 12.1 Å². The number of methoxy groups -OCH3 is 2. The molecule has 0 bridgehead atoms. The van der Waals surface area contributed by atoms with Crippen molar-refractivity contribution in [3.05, 3.63) is 52.3 Å². The maximum absolute atomic E-state index is 15.1. The molecule has 1 saturated heterocycles. The maximum atomic E-state index is 15.1. The molecule has 1 unspecified atom stereocenters. The zero-order chi connectivity index (χ0) is 28.6. The van der Waals surface area contributed by atoms with Crippen molar-refractivity contribution in [2.24, 2.45) is 0 Å². The van der Waals surface area contributed by atoms with Crippen LogP contribution in [0.2, 0.25) is 0 Å². The van der Waals surface area contributed by atoms with Gasteiger partial charge in [-0.1, -0.05) is 20.8 Å². The van der Waals surface area contributed by atoms with E-state index >= 15 is 4.39 Å². The van der Waals surface area contributed by atoms with E-state index in [1.165, 1.54) is 36.2 Å². The van der Waals surface area contributed by atoms with Crippen LogP contribution in [0, 0.1) is 11.2 Å². The highest BCUT2D eigenvalue weighted by Gasteiger charge is 2.36. The lowest BCUT2D eigenvalue weighted by Gasteiger charge is -2.26. The van der Waals surface area contributed by atoms with Crippen LogP contribution in [0.25, 0.3) is 0 Å². The summed E-state index contributed by atoms with van der Waals surface area (Å²) in [6.45, 7) is 5.98. The molecule has 0 aromatic heterocycles. The van der Waals surface area contributed by atoms with Gasteiger partial charge in [-0.3, -0.25) is 15.1 Å². The Labute approximate surface area is 242 Å². The first kappa shape index (κ1) is 30.9. The Morgan fingerprint density at radius 2 is 1.82 bits per heavy atom. The number of nitrogens with zero attached hydrogens (tertiary/aromatic N) is 2. The van der Waals surface area contributed by atoms with E-state index in [1.807, 2.05) is 20.8 Å². The van der Waals surface area contributed by atoms with Crippen molar-refractivity contribution in [3.63, 3.8) is 0 Å². The van der Waals surface area contributed by atoms with Crippen LogP contribution in [0.4, 0.5) is 9.18 Å². The lowest BCUT2D eigenvalue weighted by molar-refractivity contribution is -0.141. The van der Waals surface area contributed by atoms with Gasteiger partial charge in [-0.25, -0.2) is 14.0 Å². The van der Waals surface area contributed by atoms with Gasteiger partial charge in [-0.05, 0) is 48.1 Å². The summed E-state index contributed by atoms with van der Waals surface area (Å²) < 4.78 is 31.0. The third-order valence-electron chi connectivity index (χ3n) is 7.02. The second-order valence-corrected chi connectivity index (χ2v) is 10.6. The number of fused-ring (bicyclic) bond motifs is 1. The van der Waals surface area contributed by atoms with Gasteiger partial charge in [-0.2, -0.15) is 0 Å². The molecule has 0 saturated carbocycles. The van der Waals surface area contributed by atoms with Crippen molar-refractivity contribution < 1.29 is 38.1 Å². The molecular formula is C28H33BrFN3O7. The van der Waals surface area contributed by atoms with Crippen LogP contribution in [-0.2, 0) is 16.8 Å². The van der Waals surface area contributed by atoms with Gasteiger partial charge in [0, 0.05) is 24.2 Å². The van der Waals surface area contributed by atoms with Gasteiger partial charge in [0.15, 0.2) is 23.1 Å². The first-order chi connectivity index (χ1) is 18.4. The Hall–Kier alpha value is -3.67. The minimum Gasteiger partial charge on any atom is -0.493 e. The highest BCUT2D eigenvalue weighted by atomic mass is 79.9. The summed E-state index contributed by atoms with van der Waals surface area (Å²) in [6.07, 6.45) is 0.188. The van der Waals surface area contributed by atoms with Crippen molar-refractivity contribution in [1.82, 2.24) is 9.80 Å². The van der Waals surface area contributed by atoms with Crippen molar-refractivity contribution >= 4 is 40.7 Å². The number of Topliss-reactive ketones (excluding diaryl/α,β-unsaturated/α-hetero) is 1. The number of aliphatic carboxylic acids is 1. The normalized spacial score (nSPS) is 16.4. The number of carbonyl (C=O) groups excluding carboxylic acids is 2. The molecule has 2 heterocycles. The van der Waals surface area contributed by atoms with Gasteiger partial charge in [0.1, 0.15) is 17.6 Å². The number of halogens is 2. The number of carboxylic acid groups (broad SMARTS) is 1. The van der Waals surface area contributed by atoms with Gasteiger partial charge in [0.05, 0.1) is 26.3 Å². The van der Waals surface area contributed by atoms with Crippen LogP contribution in [-0.4, -0.2) is 71.9 Å². The molecule has 10 nitrogen and oxygen atoms in total. The van der Waals surface area contributed by atoms with E-state index in [9.17, 15) is 19.5 Å². The molecule has 216 valence electrons. The number of amides is 1. The second kappa shape index (κ2) is 11.8. The SMILES string of the molecule is Br.COc1cc2c(c(F)c1OC)C(=N)N(CC(=O)c1ccc(OC(=O)N3CCCC3C(=O)O)c(C(C)(C)C)c1)C2. The molecule has 2 aliphatic heterocycles. The Morgan fingerprint density at radius 3 is 2.42 bits per heavy atom. The Kier molecular flexibility index (Phi) is 9.13. The highest BCUT2D eigenvalue weighted by Crippen LogP contribution is 2.39. The predicted octanol–water partition coefficient (Wildman–Crippen LogP) is 4.79. The molecule has 2 aliphatic rings. The van der Waals surface area contributed by atoms with Crippen LogP contribution in [0.1, 0.15) is 60.7 Å². The number of hydrogen-bond acceptors (Lipinski definition) is 7. The molecule has 2 aromatic carbocycles. The minimum absolute atomic E-state index is 0. The smallest absolute Gasteiger partial charge is 0.415 e. The Bertz CT molecular complexity index is 1360. The lowest BCUT2D eigenvalue weighted by atomic mass is 9.85. The molecule has 2 aromatic rings. The van der Waals surface area contributed by atoms with Crippen molar-refractivity contribution in [1.29, 1.82) is 5.41 Å². The van der Waals surface area contributed by atoms with Crippen molar-refractivity contribution in [2.45, 2.75) is 51.6 Å². The average molecular weight is 622 g/mol. The van der Waals surface area contributed by atoms with Crippen molar-refractivity contribution in [2.75, 3.05) is 27.3 Å². The Morgan fingerprint density at radius 1 is 1.12 bits per heavy atom. The predicted molar refractivity (Wildman–Crippen MR) is 150 cm³/mol. The number of likely N-dealkylation sites (tertiary alicyclic amines) is 1. The van der Waals surface area contributed by atoms with E-state index in [4.69, 9.17) is 19.6 Å². The average Bonchev–Trinajstić information content (AvgIpc) is 3.49. The summed E-state index contributed by atoms with van der Waals surface area (Å²) in [5.41, 5.74) is 0.995. The molecule has 12 heteroatoms. The van der Waals surface area contributed by atoms with E-state index in [1.54, 1.807) is 12.1 Å². The molecule has 0 spiro atoms. The van der Waals surface area contributed by atoms with E-state index in [0.29, 0.717) is 36.1 Å². The second-order valence-electron chi connectivity index (χ2n) is 10.6. The quantitative estimate of drug-likeness (QED) is 0.422. The number of rotatable bonds is 7. The molecule has 1 amide bonds. The molecule has 1 atom stereocenters. The van der Waals surface area contributed by atoms with Crippen molar-refractivity contribution in [3.8, 4) is 17.2 Å². The number of nitrogens with one attached hydrogen (secondary N) is 1. The fourth-order valence-electron chi connectivity index (χ4n) is 5.00. The maximum Gasteiger partial charge on any atom is 0.415 e. The number of hydrogen-bond donors (Lipinski definition) is 2. The number of amidine groups is 1. The number of benzene rings is 2. The largest absolute Gasteiger partial charge is 0.493 e. The van der Waals surface area contributed by atoms with E-state index in [-0.39, 0.29) is 64.5 Å². The molecule has 40 heavy (non-hydrogen) atoms. The summed E-state index contributed by atoms with van der Waals surface area (Å²) in [6, 6.07) is 5.37. The number of carbonyl (C=O) groups is 3. The molecule has 1 fully saturated rings. The van der Waals surface area contributed by atoms with E-state index in [0.717, 1.165) is 0 Å². The Balaban J connectivity index is 0.00000441. The number of ether oxygens (including phenoxy) is 3. The fraction of sp³-hybridized carbons (Fsp3) is 0.429. The molecule has 0 aliphatic carbocycles. The van der Waals surface area contributed by atoms with Gasteiger partial charge in [0.2, 0.25) is 0 Å². The third-order valence-corrected chi connectivity index (χ3v) is 7.02. The summed E-state index contributed by atoms with van der Waals surface area (Å²) in [5.74, 6) is -1.87. The minimum atomic E-state index is -1.08. The van der Waals surface area contributed by atoms with Crippen LogP contribution in [0.15, 0.2) is 24.3 Å². The number of ketones is 1. The first-order valence-electron chi connectivity index (χ1n) is 12.5. The summed E-state index contributed by atoms with van der Waals surface area (Å²) in [7, 11) is 2.71. The lowest BCUT2D eigenvalue weighted by Crippen LogP contribution is -2.42. The zero-order valence-corrected chi connectivity index (χ0v) is 24.7. The fourth-order valence-corrected chi connectivity index (χ4v) is 5.00. The molecular weight excluding hydrogens is 589 g/mol. The first-order valence-corrected chi connectivity index (χ1v) is 12.5. The molecule has 2 N–H and O–H groups in total. The summed E-state index contributed by atoms with van der Waals surface area (Å²) >= 11 is 0. The molecule has 0 radical (unpaired) electrons. The van der Waals surface area contributed by atoms with E-state index in [2.05, 4.69) is 0 Å². The van der Waals surface area contributed by atoms with Gasteiger partial charge in [-0.15, -0.1) is 17.0 Å². The van der Waals surface area contributed by atoms with Gasteiger partial charge in [0.25, 0.3) is 0 Å². The van der Waals surface area contributed by atoms with Crippen LogP contribution >= 0.6 is 17.0 Å². The highest BCUT2D eigenvalue weighted by molar-refractivity contribution is 8.93. The van der Waals surface area contributed by atoms with Crippen LogP contribution in [0.3, 0.4) is 0 Å². The summed E-state index contributed by atoms with van der Waals surface area (Å²) in [5, 5.41) is 17.9. The topological polar surface area (TPSA) is 129 Å². The van der Waals surface area contributed by atoms with E-state index < -0.39 is 29.3 Å². The van der Waals surface area contributed by atoms with Crippen LogP contribution in [0.5, 0.6) is 17.2 Å². The standard InChI is InChI=1S/C28H32FN3O7.BrH/c1-28(2,3)17-11-15(8-9-20(17)39-27(36)32-10-6-7-18(32)26(34)35)19(33)14-31-13-16-12-21(37-4)24(38-5)23(29)22(16)25(31)30;/h8-9,11-12,18,30H,6-7,10,13-14H2,1-5H3,(H,34,35);1H. The third kappa shape index (κ3) is 5.77. The molecule has 4 rings (SSSR count). The summed E-state index contributed by atoms with van der Waals surface area (Å²) in [4.78, 5) is 40.3. The zero-order valence-electron chi connectivity index (χ0n) is 23.0. The number of carboxylic acids is 1.